The normalized spacial score (nSPS) is 13.7. The fraction of sp³-hybridized carbons (Fsp3) is 0.810. The maximum Gasteiger partial charge on any atom is 0.472 e. The number of nitrogens with two attached hydrogens (primary N) is 1. The van der Waals surface area contributed by atoms with Crippen molar-refractivity contribution in [3.05, 3.63) is 36.5 Å². The van der Waals surface area contributed by atoms with Crippen LogP contribution in [0.1, 0.15) is 187 Å². The van der Waals surface area contributed by atoms with E-state index in [-0.39, 0.29) is 32.6 Å². The van der Waals surface area contributed by atoms with E-state index in [9.17, 15) is 19.0 Å². The zero-order chi connectivity index (χ0) is 38.2. The van der Waals surface area contributed by atoms with Crippen molar-refractivity contribution in [1.29, 1.82) is 0 Å². The van der Waals surface area contributed by atoms with Gasteiger partial charge in [-0.15, -0.1) is 0 Å². The van der Waals surface area contributed by atoms with Gasteiger partial charge in [0.1, 0.15) is 6.61 Å². The van der Waals surface area contributed by atoms with Gasteiger partial charge in [-0.3, -0.25) is 18.6 Å². The van der Waals surface area contributed by atoms with E-state index in [2.05, 4.69) is 50.3 Å². The topological polar surface area (TPSA) is 134 Å². The van der Waals surface area contributed by atoms with Gasteiger partial charge >= 0.3 is 19.8 Å². The molecular weight excluding hydrogens is 677 g/mol. The van der Waals surface area contributed by atoms with Gasteiger partial charge in [0.25, 0.3) is 0 Å². The van der Waals surface area contributed by atoms with Crippen molar-refractivity contribution in [1.82, 2.24) is 0 Å². The van der Waals surface area contributed by atoms with E-state index in [1.807, 2.05) is 0 Å². The minimum atomic E-state index is -4.38. The molecule has 0 fully saturated rings. The number of carbonyl (C=O) groups is 2. The fourth-order valence-electron chi connectivity index (χ4n) is 5.71. The van der Waals surface area contributed by atoms with E-state index in [4.69, 9.17) is 24.3 Å². The second-order valence-corrected chi connectivity index (χ2v) is 15.3. The number of phosphoric ester groups is 1. The zero-order valence-electron chi connectivity index (χ0n) is 33.3. The maximum atomic E-state index is 12.6. The third-order valence-corrected chi connectivity index (χ3v) is 9.77. The number of rotatable bonds is 39. The van der Waals surface area contributed by atoms with Crippen molar-refractivity contribution in [2.24, 2.45) is 5.73 Å². The van der Waals surface area contributed by atoms with Crippen molar-refractivity contribution in [3.8, 4) is 0 Å². The van der Waals surface area contributed by atoms with Crippen LogP contribution in [-0.2, 0) is 32.7 Å². The Morgan fingerprint density at radius 2 is 1.06 bits per heavy atom. The monoisotopic (exact) mass is 756 g/mol. The molecule has 0 heterocycles. The van der Waals surface area contributed by atoms with Gasteiger partial charge in [0.2, 0.25) is 0 Å². The highest BCUT2D eigenvalue weighted by molar-refractivity contribution is 7.47. The third-order valence-electron chi connectivity index (χ3n) is 8.79. The van der Waals surface area contributed by atoms with Crippen LogP contribution in [0, 0.1) is 0 Å². The van der Waals surface area contributed by atoms with Crippen LogP contribution in [0.3, 0.4) is 0 Å². The molecule has 0 radical (unpaired) electrons. The van der Waals surface area contributed by atoms with Crippen molar-refractivity contribution >= 4 is 19.8 Å². The minimum Gasteiger partial charge on any atom is -0.462 e. The van der Waals surface area contributed by atoms with Crippen molar-refractivity contribution in [2.45, 2.75) is 193 Å². The lowest BCUT2D eigenvalue weighted by molar-refractivity contribution is -0.161. The highest BCUT2D eigenvalue weighted by Crippen LogP contribution is 2.43. The number of allylic oxidation sites excluding steroid dienone is 6. The molecule has 0 aliphatic heterocycles. The van der Waals surface area contributed by atoms with E-state index in [1.165, 1.54) is 83.5 Å². The first-order valence-electron chi connectivity index (χ1n) is 21.0. The third kappa shape index (κ3) is 38.0. The zero-order valence-corrected chi connectivity index (χ0v) is 34.2. The van der Waals surface area contributed by atoms with Gasteiger partial charge in [-0.05, 0) is 44.9 Å². The Balaban J connectivity index is 4.18. The molecule has 0 saturated heterocycles. The molecule has 0 aromatic rings. The summed E-state index contributed by atoms with van der Waals surface area (Å²) in [4.78, 5) is 34.8. The average molecular weight is 756 g/mol. The van der Waals surface area contributed by atoms with Crippen LogP contribution in [-0.4, -0.2) is 49.3 Å². The molecule has 0 amide bonds. The van der Waals surface area contributed by atoms with Gasteiger partial charge in [-0.2, -0.15) is 0 Å². The van der Waals surface area contributed by atoms with Crippen LogP contribution in [0.5, 0.6) is 0 Å². The first kappa shape index (κ1) is 50.2. The molecule has 52 heavy (non-hydrogen) atoms. The summed E-state index contributed by atoms with van der Waals surface area (Å²) in [5.74, 6) is -0.844. The molecule has 0 aliphatic carbocycles. The largest absolute Gasteiger partial charge is 0.472 e. The fourth-order valence-corrected chi connectivity index (χ4v) is 6.47. The summed E-state index contributed by atoms with van der Waals surface area (Å²) in [5.41, 5.74) is 5.34. The summed E-state index contributed by atoms with van der Waals surface area (Å²) in [6, 6.07) is 0. The molecule has 304 valence electrons. The number of ether oxygens (including phenoxy) is 2. The Labute approximate surface area is 318 Å². The van der Waals surface area contributed by atoms with E-state index in [0.29, 0.717) is 12.8 Å². The van der Waals surface area contributed by atoms with Crippen LogP contribution in [0.2, 0.25) is 0 Å². The number of phosphoric acid groups is 1. The molecule has 2 atom stereocenters. The highest BCUT2D eigenvalue weighted by Gasteiger charge is 2.26. The molecule has 0 aliphatic rings. The predicted octanol–water partition coefficient (Wildman–Crippen LogP) is 11.8. The van der Waals surface area contributed by atoms with Crippen molar-refractivity contribution in [3.63, 3.8) is 0 Å². The predicted molar refractivity (Wildman–Crippen MR) is 215 cm³/mol. The Morgan fingerprint density at radius 1 is 0.596 bits per heavy atom. The van der Waals surface area contributed by atoms with E-state index in [1.54, 1.807) is 0 Å². The molecule has 3 N–H and O–H groups in total. The number of hydrogen-bond acceptors (Lipinski definition) is 8. The molecule has 1 unspecified atom stereocenters. The highest BCUT2D eigenvalue weighted by atomic mass is 31.2. The van der Waals surface area contributed by atoms with Crippen molar-refractivity contribution < 1.29 is 37.6 Å². The summed E-state index contributed by atoms with van der Waals surface area (Å²) >= 11 is 0. The summed E-state index contributed by atoms with van der Waals surface area (Å²) in [6.07, 6.45) is 41.7. The smallest absolute Gasteiger partial charge is 0.462 e. The molecule has 10 heteroatoms. The molecule has 0 aromatic carbocycles. The summed E-state index contributed by atoms with van der Waals surface area (Å²) in [7, 11) is -4.38. The molecule has 0 saturated carbocycles. The lowest BCUT2D eigenvalue weighted by Crippen LogP contribution is -2.29. The standard InChI is InChI=1S/C42H78NO8P/c1-3-5-7-9-11-13-15-17-19-21-23-25-27-29-31-33-35-42(45)51-40(39-50-52(46,47)49-37-36-43)38-48-41(44)34-32-30-28-26-24-22-20-18-16-14-12-10-8-6-4-2/h6,8,12,14,18,20,40H,3-5,7,9-11,13,15-17,19,21-39,43H2,1-2H3,(H,46,47)/b8-6-,14-12-,20-18-/t40-/m1/s1. The summed E-state index contributed by atoms with van der Waals surface area (Å²) in [6.45, 7) is 3.61. The number of esters is 2. The Kier molecular flexibility index (Phi) is 37.6. The van der Waals surface area contributed by atoms with Crippen LogP contribution in [0.25, 0.3) is 0 Å². The first-order chi connectivity index (χ1) is 25.3. The Hall–Kier alpha value is -1.77. The summed E-state index contributed by atoms with van der Waals surface area (Å²) in [5, 5.41) is 0. The molecule has 9 nitrogen and oxygen atoms in total. The van der Waals surface area contributed by atoms with E-state index in [0.717, 1.165) is 64.2 Å². The lowest BCUT2D eigenvalue weighted by Gasteiger charge is -2.19. The lowest BCUT2D eigenvalue weighted by atomic mass is 10.0. The van der Waals surface area contributed by atoms with Gasteiger partial charge in [0.15, 0.2) is 6.10 Å². The second-order valence-electron chi connectivity index (χ2n) is 13.8. The SMILES string of the molecule is CC/C=C\C/C=C\C/C=C\CCCCCCCC(=O)OC[C@H](COP(=O)(O)OCCN)OC(=O)CCCCCCCCCCCCCCCCCC. The average Bonchev–Trinajstić information content (AvgIpc) is 3.13. The van der Waals surface area contributed by atoms with Crippen LogP contribution >= 0.6 is 7.82 Å². The van der Waals surface area contributed by atoms with Gasteiger partial charge in [-0.25, -0.2) is 4.57 Å². The maximum absolute atomic E-state index is 12.6. The molecular formula is C42H78NO8P. The minimum absolute atomic E-state index is 0.0513. The number of hydrogen-bond donors (Lipinski definition) is 2. The number of carbonyl (C=O) groups excluding carboxylic acids is 2. The van der Waals surface area contributed by atoms with Crippen molar-refractivity contribution in [2.75, 3.05) is 26.4 Å². The Bertz CT molecular complexity index is 954. The second kappa shape index (κ2) is 38.9. The van der Waals surface area contributed by atoms with Gasteiger partial charge in [0.05, 0.1) is 13.2 Å². The van der Waals surface area contributed by atoms with E-state index < -0.39 is 32.5 Å². The molecule has 0 rings (SSSR count). The van der Waals surface area contributed by atoms with Gasteiger partial charge in [-0.1, -0.05) is 166 Å². The summed E-state index contributed by atoms with van der Waals surface area (Å²) < 4.78 is 32.7. The molecule has 0 spiro atoms. The molecule has 0 aromatic heterocycles. The van der Waals surface area contributed by atoms with Gasteiger partial charge in [0, 0.05) is 19.4 Å². The van der Waals surface area contributed by atoms with E-state index >= 15 is 0 Å². The van der Waals surface area contributed by atoms with Crippen LogP contribution in [0.15, 0.2) is 36.5 Å². The van der Waals surface area contributed by atoms with Gasteiger partial charge < -0.3 is 20.1 Å². The number of unbranched alkanes of at least 4 members (excludes halogenated alkanes) is 20. The Morgan fingerprint density at radius 3 is 1.58 bits per heavy atom. The van der Waals surface area contributed by atoms with Crippen LogP contribution in [0.4, 0.5) is 0 Å². The first-order valence-corrected chi connectivity index (χ1v) is 22.5. The van der Waals surface area contributed by atoms with Crippen LogP contribution < -0.4 is 5.73 Å². The molecule has 0 bridgehead atoms. The quantitative estimate of drug-likeness (QED) is 0.0272.